The van der Waals surface area contributed by atoms with Crippen LogP contribution in [0.5, 0.6) is 0 Å². The lowest BCUT2D eigenvalue weighted by Crippen LogP contribution is -2.35. The van der Waals surface area contributed by atoms with Gasteiger partial charge < -0.3 is 15.0 Å². The van der Waals surface area contributed by atoms with Crippen LogP contribution < -0.4 is 5.32 Å². The maximum Gasteiger partial charge on any atom is 0.0600 e. The second kappa shape index (κ2) is 6.69. The maximum absolute atomic E-state index is 5.95. The zero-order valence-electron chi connectivity index (χ0n) is 11.3. The van der Waals surface area contributed by atoms with E-state index >= 15 is 0 Å². The molecule has 2 heterocycles. The van der Waals surface area contributed by atoms with Crippen molar-refractivity contribution in [1.29, 1.82) is 0 Å². The van der Waals surface area contributed by atoms with E-state index in [1.54, 1.807) is 0 Å². The minimum absolute atomic E-state index is 0.503. The van der Waals surface area contributed by atoms with Crippen molar-refractivity contribution in [2.24, 2.45) is 0 Å². The average molecular weight is 241 g/mol. The van der Waals surface area contributed by atoms with Crippen molar-refractivity contribution >= 4 is 0 Å². The Morgan fingerprint density at radius 3 is 2.65 bits per heavy atom. The standard InChI is InChI=1S/C13H27N3O/c1-15(2)12-5-8-16(11-12)9-10-17-13-3-6-14-7-4-13/h12-14H,3-11H2,1-2H3. The van der Waals surface area contributed by atoms with Crippen LogP contribution in [0.15, 0.2) is 0 Å². The molecule has 0 amide bonds. The Kier molecular flexibility index (Phi) is 5.22. The summed E-state index contributed by atoms with van der Waals surface area (Å²) in [5.74, 6) is 0. The second-order valence-corrected chi connectivity index (χ2v) is 5.53. The molecule has 2 fully saturated rings. The van der Waals surface area contributed by atoms with Crippen LogP contribution >= 0.6 is 0 Å². The Labute approximate surface area is 105 Å². The molecule has 1 N–H and O–H groups in total. The van der Waals surface area contributed by atoms with Gasteiger partial charge in [-0.3, -0.25) is 4.90 Å². The lowest BCUT2D eigenvalue weighted by Gasteiger charge is -2.24. The first-order chi connectivity index (χ1) is 8.25. The van der Waals surface area contributed by atoms with E-state index in [4.69, 9.17) is 4.74 Å². The van der Waals surface area contributed by atoms with Crippen LogP contribution in [0.3, 0.4) is 0 Å². The number of ether oxygens (including phenoxy) is 1. The highest BCUT2D eigenvalue weighted by Gasteiger charge is 2.23. The van der Waals surface area contributed by atoms with Gasteiger partial charge in [0, 0.05) is 19.1 Å². The first-order valence-electron chi connectivity index (χ1n) is 6.97. The predicted molar refractivity (Wildman–Crippen MR) is 70.4 cm³/mol. The summed E-state index contributed by atoms with van der Waals surface area (Å²) in [7, 11) is 4.36. The topological polar surface area (TPSA) is 27.7 Å². The number of piperidine rings is 1. The molecule has 2 aliphatic rings. The van der Waals surface area contributed by atoms with E-state index in [1.807, 2.05) is 0 Å². The lowest BCUT2D eigenvalue weighted by atomic mass is 10.1. The summed E-state index contributed by atoms with van der Waals surface area (Å²) in [6.07, 6.45) is 4.17. The second-order valence-electron chi connectivity index (χ2n) is 5.53. The van der Waals surface area contributed by atoms with Gasteiger partial charge in [-0.1, -0.05) is 0 Å². The lowest BCUT2D eigenvalue weighted by molar-refractivity contribution is 0.0223. The number of hydrogen-bond acceptors (Lipinski definition) is 4. The maximum atomic E-state index is 5.95. The molecule has 0 spiro atoms. The van der Waals surface area contributed by atoms with E-state index < -0.39 is 0 Å². The van der Waals surface area contributed by atoms with E-state index in [2.05, 4.69) is 29.2 Å². The summed E-state index contributed by atoms with van der Waals surface area (Å²) in [5, 5.41) is 3.37. The Morgan fingerprint density at radius 2 is 2.00 bits per heavy atom. The fourth-order valence-corrected chi connectivity index (χ4v) is 2.75. The Bertz CT molecular complexity index is 217. The van der Waals surface area contributed by atoms with Gasteiger partial charge in [-0.05, 0) is 53.0 Å². The van der Waals surface area contributed by atoms with E-state index in [-0.39, 0.29) is 0 Å². The molecule has 2 aliphatic heterocycles. The van der Waals surface area contributed by atoms with Crippen LogP contribution in [0.4, 0.5) is 0 Å². The molecule has 0 aliphatic carbocycles. The van der Waals surface area contributed by atoms with Crippen LogP contribution in [0.2, 0.25) is 0 Å². The molecule has 2 saturated heterocycles. The first kappa shape index (κ1) is 13.3. The highest BCUT2D eigenvalue weighted by molar-refractivity contribution is 4.80. The summed E-state index contributed by atoms with van der Waals surface area (Å²) < 4.78 is 5.95. The minimum atomic E-state index is 0.503. The number of rotatable bonds is 5. The predicted octanol–water partition coefficient (Wildman–Crippen LogP) is 0.391. The smallest absolute Gasteiger partial charge is 0.0600 e. The summed E-state index contributed by atoms with van der Waals surface area (Å²) in [6, 6.07) is 0.744. The molecule has 100 valence electrons. The summed E-state index contributed by atoms with van der Waals surface area (Å²) in [5.41, 5.74) is 0. The molecule has 0 saturated carbocycles. The summed E-state index contributed by atoms with van der Waals surface area (Å²) in [4.78, 5) is 4.87. The van der Waals surface area contributed by atoms with Crippen LogP contribution in [0.1, 0.15) is 19.3 Å². The van der Waals surface area contributed by atoms with Crippen molar-refractivity contribution in [2.75, 3.05) is 53.4 Å². The number of nitrogens with zero attached hydrogens (tertiary/aromatic N) is 2. The third-order valence-electron chi connectivity index (χ3n) is 4.03. The van der Waals surface area contributed by atoms with Gasteiger partial charge in [0.05, 0.1) is 12.7 Å². The number of likely N-dealkylation sites (tertiary alicyclic amines) is 1. The molecule has 1 atom stereocenters. The Hall–Kier alpha value is -0.160. The van der Waals surface area contributed by atoms with Gasteiger partial charge in [-0.25, -0.2) is 0 Å². The largest absolute Gasteiger partial charge is 0.377 e. The fraction of sp³-hybridized carbons (Fsp3) is 1.00. The molecule has 0 aromatic rings. The third-order valence-corrected chi connectivity index (χ3v) is 4.03. The van der Waals surface area contributed by atoms with Crippen LogP contribution in [0, 0.1) is 0 Å². The average Bonchev–Trinajstić information content (AvgIpc) is 2.79. The van der Waals surface area contributed by atoms with Gasteiger partial charge >= 0.3 is 0 Å². The summed E-state index contributed by atoms with van der Waals surface area (Å²) in [6.45, 7) is 6.70. The molecule has 0 bridgehead atoms. The normalized spacial score (nSPS) is 28.1. The highest BCUT2D eigenvalue weighted by atomic mass is 16.5. The molecular formula is C13H27N3O. The quantitative estimate of drug-likeness (QED) is 0.754. The van der Waals surface area contributed by atoms with E-state index in [0.717, 1.165) is 32.3 Å². The van der Waals surface area contributed by atoms with E-state index in [9.17, 15) is 0 Å². The monoisotopic (exact) mass is 241 g/mol. The zero-order chi connectivity index (χ0) is 12.1. The molecule has 4 heteroatoms. The molecular weight excluding hydrogens is 214 g/mol. The van der Waals surface area contributed by atoms with Crippen LogP contribution in [-0.4, -0.2) is 75.4 Å². The Morgan fingerprint density at radius 1 is 1.24 bits per heavy atom. The SMILES string of the molecule is CN(C)C1CCN(CCOC2CCNCC2)C1. The minimum Gasteiger partial charge on any atom is -0.377 e. The van der Waals surface area contributed by atoms with Crippen molar-refractivity contribution in [3.8, 4) is 0 Å². The van der Waals surface area contributed by atoms with Gasteiger partial charge in [0.1, 0.15) is 0 Å². The molecule has 0 aromatic heterocycles. The van der Waals surface area contributed by atoms with Gasteiger partial charge in [-0.2, -0.15) is 0 Å². The van der Waals surface area contributed by atoms with Crippen LogP contribution in [-0.2, 0) is 4.74 Å². The molecule has 0 aromatic carbocycles. The van der Waals surface area contributed by atoms with E-state index in [1.165, 1.54) is 32.4 Å². The van der Waals surface area contributed by atoms with Crippen LogP contribution in [0.25, 0.3) is 0 Å². The zero-order valence-corrected chi connectivity index (χ0v) is 11.3. The van der Waals surface area contributed by atoms with Crippen molar-refractivity contribution in [1.82, 2.24) is 15.1 Å². The molecule has 17 heavy (non-hydrogen) atoms. The molecule has 2 rings (SSSR count). The summed E-state index contributed by atoms with van der Waals surface area (Å²) >= 11 is 0. The van der Waals surface area contributed by atoms with Crippen molar-refractivity contribution in [3.05, 3.63) is 0 Å². The van der Waals surface area contributed by atoms with Gasteiger partial charge in [0.15, 0.2) is 0 Å². The number of hydrogen-bond donors (Lipinski definition) is 1. The van der Waals surface area contributed by atoms with E-state index in [0.29, 0.717) is 6.10 Å². The Balaban J connectivity index is 1.56. The third kappa shape index (κ3) is 4.21. The van der Waals surface area contributed by atoms with Gasteiger partial charge in [0.2, 0.25) is 0 Å². The molecule has 0 radical (unpaired) electrons. The first-order valence-corrected chi connectivity index (χ1v) is 6.97. The van der Waals surface area contributed by atoms with Crippen molar-refractivity contribution in [2.45, 2.75) is 31.4 Å². The molecule has 4 nitrogen and oxygen atoms in total. The fourth-order valence-electron chi connectivity index (χ4n) is 2.75. The number of likely N-dealkylation sites (N-methyl/N-ethyl adjacent to an activating group) is 1. The van der Waals surface area contributed by atoms with Gasteiger partial charge in [0.25, 0.3) is 0 Å². The van der Waals surface area contributed by atoms with Crippen molar-refractivity contribution < 1.29 is 4.74 Å². The highest BCUT2D eigenvalue weighted by Crippen LogP contribution is 2.13. The van der Waals surface area contributed by atoms with Crippen molar-refractivity contribution in [3.63, 3.8) is 0 Å². The van der Waals surface area contributed by atoms with Gasteiger partial charge in [-0.15, -0.1) is 0 Å². The molecule has 1 unspecified atom stereocenters. The number of nitrogens with one attached hydrogen (secondary N) is 1.